The molecule has 2 aliphatic carbocycles. The maximum atomic E-state index is 5.65. The number of aromatic nitrogens is 1. The standard InChI is InChI=1S/C58H47N3S/c1-5-6-8-19-39(3)62-57-38(2)18-15-29-51(57)44-25-16-24-43(35-44)50-28-17-30-52-54-49-27-14-11-20-40(49)32-34-53(54)61(56(50)52)58(59-4)60-55(41-21-9-7-10-22-41)45-31-33-48-46(37-45)36-42-23-12-13-26-47(42)48/h5-6,8-9,11-35,37H,3,7,10,36H2,1-2,4H3/b6-5-,19-8-,59-58?,60-55+. The van der Waals surface area contributed by atoms with Crippen LogP contribution in [-0.2, 0) is 6.42 Å². The van der Waals surface area contributed by atoms with E-state index in [0.29, 0.717) is 5.96 Å². The first-order valence-electron chi connectivity index (χ1n) is 21.5. The third-order valence-corrected chi connectivity index (χ3v) is 13.3. The summed E-state index contributed by atoms with van der Waals surface area (Å²) in [4.78, 5) is 12.9. The maximum Gasteiger partial charge on any atom is 0.230 e. The van der Waals surface area contributed by atoms with Crippen molar-refractivity contribution in [2.24, 2.45) is 9.98 Å². The van der Waals surface area contributed by atoms with E-state index in [0.717, 1.165) is 68.7 Å². The number of hydrogen-bond donors (Lipinski definition) is 0. The predicted molar refractivity (Wildman–Crippen MR) is 268 cm³/mol. The first-order chi connectivity index (χ1) is 30.5. The molecule has 0 saturated carbocycles. The van der Waals surface area contributed by atoms with E-state index < -0.39 is 0 Å². The quantitative estimate of drug-likeness (QED) is 0.0650. The Labute approximate surface area is 368 Å². The summed E-state index contributed by atoms with van der Waals surface area (Å²) in [6.45, 7) is 8.59. The zero-order valence-electron chi connectivity index (χ0n) is 35.4. The Balaban J connectivity index is 1.17. The summed E-state index contributed by atoms with van der Waals surface area (Å²) in [5.41, 5.74) is 16.5. The number of para-hydroxylation sites is 1. The zero-order valence-corrected chi connectivity index (χ0v) is 36.2. The third kappa shape index (κ3) is 7.10. The Bertz CT molecular complexity index is 3290. The molecule has 62 heavy (non-hydrogen) atoms. The SMILES string of the molecule is C=C(/C=C\C=C/C)Sc1c(C)cccc1-c1cccc(-c2cccc3c4c5ccccc5ccc4n(C(=NC)/N=C(\C4=CCCC=C4)c4ccc5c(c4)Cc4ccccc4-5)c23)c1. The molecule has 0 amide bonds. The van der Waals surface area contributed by atoms with Gasteiger partial charge in [-0.15, -0.1) is 0 Å². The lowest BCUT2D eigenvalue weighted by atomic mass is 9.94. The molecule has 0 N–H and O–H groups in total. The normalized spacial score (nSPS) is 14.1. The van der Waals surface area contributed by atoms with E-state index in [1.807, 2.05) is 32.2 Å². The van der Waals surface area contributed by atoms with Gasteiger partial charge in [-0.25, -0.2) is 4.99 Å². The average molecular weight is 818 g/mol. The Hall–Kier alpha value is -7.01. The van der Waals surface area contributed by atoms with Crippen LogP contribution in [0.3, 0.4) is 0 Å². The molecule has 0 fully saturated rings. The van der Waals surface area contributed by atoms with Gasteiger partial charge in [0.15, 0.2) is 0 Å². The van der Waals surface area contributed by atoms with Gasteiger partial charge in [-0.3, -0.25) is 9.56 Å². The Kier molecular flexibility index (Phi) is 10.6. The Morgan fingerprint density at radius 2 is 1.47 bits per heavy atom. The van der Waals surface area contributed by atoms with Crippen LogP contribution in [0.1, 0.15) is 42.0 Å². The van der Waals surface area contributed by atoms with Crippen LogP contribution in [0.5, 0.6) is 0 Å². The van der Waals surface area contributed by atoms with E-state index in [1.54, 1.807) is 11.8 Å². The van der Waals surface area contributed by atoms with E-state index in [-0.39, 0.29) is 0 Å². The second kappa shape index (κ2) is 16.8. The third-order valence-electron chi connectivity index (χ3n) is 12.1. The summed E-state index contributed by atoms with van der Waals surface area (Å²) in [5, 5.41) is 4.78. The fraction of sp³-hybridized carbons (Fsp3) is 0.103. The van der Waals surface area contributed by atoms with Gasteiger partial charge in [0.1, 0.15) is 0 Å². The minimum atomic E-state index is 0.643. The molecule has 4 heteroatoms. The van der Waals surface area contributed by atoms with Gasteiger partial charge >= 0.3 is 0 Å². The van der Waals surface area contributed by atoms with Crippen molar-refractivity contribution in [1.29, 1.82) is 0 Å². The van der Waals surface area contributed by atoms with Crippen molar-refractivity contribution in [2.75, 3.05) is 7.05 Å². The summed E-state index contributed by atoms with van der Waals surface area (Å²) >= 11 is 1.72. The molecule has 3 nitrogen and oxygen atoms in total. The lowest BCUT2D eigenvalue weighted by Crippen LogP contribution is -2.15. The number of aliphatic imine (C=N–C) groups is 2. The highest BCUT2D eigenvalue weighted by Crippen LogP contribution is 2.43. The van der Waals surface area contributed by atoms with Crippen LogP contribution >= 0.6 is 11.8 Å². The van der Waals surface area contributed by atoms with Crippen LogP contribution in [0, 0.1) is 6.92 Å². The number of allylic oxidation sites excluding steroid dienone is 8. The second-order valence-electron chi connectivity index (χ2n) is 16.0. The second-order valence-corrected chi connectivity index (χ2v) is 17.2. The topological polar surface area (TPSA) is 29.6 Å². The van der Waals surface area contributed by atoms with Crippen LogP contribution in [0.25, 0.3) is 66.0 Å². The molecule has 0 saturated heterocycles. The predicted octanol–water partition coefficient (Wildman–Crippen LogP) is 15.5. The maximum absolute atomic E-state index is 5.65. The molecule has 0 radical (unpaired) electrons. The molecular formula is C58H47N3S. The largest absolute Gasteiger partial charge is 0.278 e. The molecule has 7 aromatic carbocycles. The monoisotopic (exact) mass is 817 g/mol. The van der Waals surface area contributed by atoms with Gasteiger partial charge in [0, 0.05) is 38.7 Å². The number of fused-ring (bicyclic) bond motifs is 8. The average Bonchev–Trinajstić information content (AvgIpc) is 3.86. The lowest BCUT2D eigenvalue weighted by molar-refractivity contribution is 1.03. The Morgan fingerprint density at radius 1 is 0.710 bits per heavy atom. The molecule has 10 rings (SSSR count). The number of hydrogen-bond acceptors (Lipinski definition) is 2. The van der Waals surface area contributed by atoms with Crippen molar-refractivity contribution in [1.82, 2.24) is 4.57 Å². The number of benzene rings is 7. The molecule has 0 bridgehead atoms. The summed E-state index contributed by atoms with van der Waals surface area (Å²) < 4.78 is 2.31. The molecular weight excluding hydrogens is 771 g/mol. The fourth-order valence-electron chi connectivity index (χ4n) is 9.26. The first kappa shape index (κ1) is 39.1. The van der Waals surface area contributed by atoms with E-state index >= 15 is 0 Å². The van der Waals surface area contributed by atoms with Crippen LogP contribution < -0.4 is 0 Å². The van der Waals surface area contributed by atoms with Gasteiger partial charge in [-0.1, -0.05) is 176 Å². The minimum absolute atomic E-state index is 0.643. The van der Waals surface area contributed by atoms with Crippen molar-refractivity contribution in [3.05, 3.63) is 221 Å². The lowest BCUT2D eigenvalue weighted by Gasteiger charge is -2.16. The molecule has 0 unspecified atom stereocenters. The molecule has 1 aromatic heterocycles. The van der Waals surface area contributed by atoms with E-state index in [2.05, 4.69) is 182 Å². The van der Waals surface area contributed by atoms with Gasteiger partial charge in [0.25, 0.3) is 0 Å². The summed E-state index contributed by atoms with van der Waals surface area (Å²) in [6.07, 6.45) is 17.9. The van der Waals surface area contributed by atoms with E-state index in [9.17, 15) is 0 Å². The van der Waals surface area contributed by atoms with E-state index in [4.69, 9.17) is 9.98 Å². The molecule has 1 heterocycles. The Morgan fingerprint density at radius 3 is 2.32 bits per heavy atom. The van der Waals surface area contributed by atoms with Crippen LogP contribution in [0.4, 0.5) is 0 Å². The fourth-order valence-corrected chi connectivity index (χ4v) is 10.2. The molecule has 0 atom stereocenters. The van der Waals surface area contributed by atoms with Crippen LogP contribution in [0.2, 0.25) is 0 Å². The highest BCUT2D eigenvalue weighted by atomic mass is 32.2. The summed E-state index contributed by atoms with van der Waals surface area (Å²) in [5.74, 6) is 0.643. The molecule has 0 spiro atoms. The van der Waals surface area contributed by atoms with Crippen LogP contribution in [-0.4, -0.2) is 23.3 Å². The highest BCUT2D eigenvalue weighted by molar-refractivity contribution is 8.03. The van der Waals surface area contributed by atoms with Gasteiger partial charge in [-0.05, 0) is 118 Å². The molecule has 0 aliphatic heterocycles. The van der Waals surface area contributed by atoms with Crippen molar-refractivity contribution >= 4 is 56.0 Å². The zero-order chi connectivity index (χ0) is 42.2. The highest BCUT2D eigenvalue weighted by Gasteiger charge is 2.24. The first-order valence-corrected chi connectivity index (χ1v) is 22.3. The number of rotatable bonds is 8. The van der Waals surface area contributed by atoms with Gasteiger partial charge in [-0.2, -0.15) is 0 Å². The summed E-state index contributed by atoms with van der Waals surface area (Å²) in [6, 6.07) is 51.1. The molecule has 8 aromatic rings. The van der Waals surface area contributed by atoms with Crippen molar-refractivity contribution < 1.29 is 0 Å². The van der Waals surface area contributed by atoms with Crippen molar-refractivity contribution in [3.8, 4) is 33.4 Å². The van der Waals surface area contributed by atoms with E-state index in [1.165, 1.54) is 59.8 Å². The smallest absolute Gasteiger partial charge is 0.230 e. The van der Waals surface area contributed by atoms with Crippen LogP contribution in [0.15, 0.2) is 214 Å². The molecule has 300 valence electrons. The number of nitrogens with zero attached hydrogens (tertiary/aromatic N) is 3. The summed E-state index contributed by atoms with van der Waals surface area (Å²) in [7, 11) is 1.88. The van der Waals surface area contributed by atoms with Gasteiger partial charge in [0.05, 0.1) is 16.7 Å². The van der Waals surface area contributed by atoms with Gasteiger partial charge < -0.3 is 0 Å². The molecule has 2 aliphatic rings. The number of thioether (sulfide) groups is 1. The minimum Gasteiger partial charge on any atom is -0.278 e. The van der Waals surface area contributed by atoms with Crippen molar-refractivity contribution in [2.45, 2.75) is 38.0 Å². The van der Waals surface area contributed by atoms with Gasteiger partial charge in [0.2, 0.25) is 5.96 Å². The number of aryl methyl sites for hydroxylation is 1. The van der Waals surface area contributed by atoms with Crippen molar-refractivity contribution in [3.63, 3.8) is 0 Å².